The molecule has 0 saturated carbocycles. The lowest BCUT2D eigenvalue weighted by Crippen LogP contribution is -2.10. The van der Waals surface area contributed by atoms with Gasteiger partial charge >= 0.3 is 0 Å². The minimum absolute atomic E-state index is 0.393. The van der Waals surface area contributed by atoms with E-state index < -0.39 is 0 Å². The Morgan fingerprint density at radius 2 is 1.88 bits per heavy atom. The topological polar surface area (TPSA) is 32.3 Å². The van der Waals surface area contributed by atoms with Gasteiger partial charge in [0.1, 0.15) is 5.75 Å². The SMILES string of the molecule is Cc1c(C)c(C2CCNC2)c(C)c(Br)c1O. The minimum Gasteiger partial charge on any atom is -0.506 e. The number of nitrogens with one attached hydrogen (secondary N) is 1. The Hall–Kier alpha value is -0.540. The zero-order valence-electron chi connectivity index (χ0n) is 10.0. The van der Waals surface area contributed by atoms with E-state index in [1.165, 1.54) is 23.1 Å². The Morgan fingerprint density at radius 1 is 1.19 bits per heavy atom. The third kappa shape index (κ3) is 1.76. The van der Waals surface area contributed by atoms with E-state index in [0.717, 1.165) is 23.1 Å². The van der Waals surface area contributed by atoms with Crippen molar-refractivity contribution in [1.82, 2.24) is 5.32 Å². The van der Waals surface area contributed by atoms with Crippen LogP contribution < -0.4 is 5.32 Å². The third-order valence-corrected chi connectivity index (χ3v) is 4.70. The summed E-state index contributed by atoms with van der Waals surface area (Å²) in [6.45, 7) is 8.34. The molecule has 1 aliphatic heterocycles. The number of hydrogen-bond acceptors (Lipinski definition) is 2. The fourth-order valence-corrected chi connectivity index (χ4v) is 3.15. The number of halogens is 1. The van der Waals surface area contributed by atoms with Gasteiger partial charge in [-0.25, -0.2) is 0 Å². The maximum atomic E-state index is 9.97. The molecule has 2 N–H and O–H groups in total. The van der Waals surface area contributed by atoms with Crippen LogP contribution in [0.2, 0.25) is 0 Å². The minimum atomic E-state index is 0.393. The standard InChI is InChI=1S/C13H18BrNO/c1-7-8(2)13(16)12(14)9(3)11(7)10-4-5-15-6-10/h10,15-16H,4-6H2,1-3H3. The first-order valence-electron chi connectivity index (χ1n) is 5.72. The Labute approximate surface area is 105 Å². The van der Waals surface area contributed by atoms with E-state index in [1.807, 2.05) is 6.92 Å². The van der Waals surface area contributed by atoms with Gasteiger partial charge in [0.2, 0.25) is 0 Å². The molecule has 1 aliphatic rings. The van der Waals surface area contributed by atoms with E-state index in [9.17, 15) is 5.11 Å². The molecule has 2 rings (SSSR count). The number of phenolic OH excluding ortho intramolecular Hbond substituents is 1. The molecule has 1 atom stereocenters. The van der Waals surface area contributed by atoms with Crippen LogP contribution in [0.15, 0.2) is 4.47 Å². The maximum absolute atomic E-state index is 9.97. The van der Waals surface area contributed by atoms with E-state index in [2.05, 4.69) is 35.1 Å². The second kappa shape index (κ2) is 4.38. The summed E-state index contributed by atoms with van der Waals surface area (Å²) in [5.41, 5.74) is 4.84. The lowest BCUT2D eigenvalue weighted by atomic mass is 9.87. The summed E-state index contributed by atoms with van der Waals surface area (Å²) in [6, 6.07) is 0. The molecule has 16 heavy (non-hydrogen) atoms. The monoisotopic (exact) mass is 283 g/mol. The predicted octanol–water partition coefficient (Wildman–Crippen LogP) is 3.16. The fourth-order valence-electron chi connectivity index (χ4n) is 2.63. The second-order valence-electron chi connectivity index (χ2n) is 4.64. The number of rotatable bonds is 1. The maximum Gasteiger partial charge on any atom is 0.133 e. The molecule has 0 radical (unpaired) electrons. The highest BCUT2D eigenvalue weighted by Gasteiger charge is 2.24. The summed E-state index contributed by atoms with van der Waals surface area (Å²) >= 11 is 3.49. The lowest BCUT2D eigenvalue weighted by molar-refractivity contribution is 0.465. The molecule has 0 spiro atoms. The molecule has 0 amide bonds. The van der Waals surface area contributed by atoms with Crippen molar-refractivity contribution in [2.24, 2.45) is 0 Å². The van der Waals surface area contributed by atoms with Gasteiger partial charge in [-0.15, -0.1) is 0 Å². The zero-order chi connectivity index (χ0) is 11.9. The van der Waals surface area contributed by atoms with Crippen molar-refractivity contribution in [2.45, 2.75) is 33.1 Å². The van der Waals surface area contributed by atoms with Crippen LogP contribution in [0.25, 0.3) is 0 Å². The molecule has 1 unspecified atom stereocenters. The van der Waals surface area contributed by atoms with Crippen molar-refractivity contribution in [3.8, 4) is 5.75 Å². The van der Waals surface area contributed by atoms with Crippen molar-refractivity contribution >= 4 is 15.9 Å². The third-order valence-electron chi connectivity index (χ3n) is 3.73. The summed E-state index contributed by atoms with van der Waals surface area (Å²) in [6.07, 6.45) is 1.19. The first kappa shape index (κ1) is 11.9. The first-order chi connectivity index (χ1) is 7.54. The Bertz CT molecular complexity index is 393. The molecule has 0 bridgehead atoms. The van der Waals surface area contributed by atoms with Gasteiger partial charge in [-0.3, -0.25) is 0 Å². The number of hydrogen-bond donors (Lipinski definition) is 2. The van der Waals surface area contributed by atoms with Crippen LogP contribution in [0.4, 0.5) is 0 Å². The van der Waals surface area contributed by atoms with Crippen molar-refractivity contribution in [2.75, 3.05) is 13.1 Å². The van der Waals surface area contributed by atoms with Crippen LogP contribution in [0.1, 0.15) is 34.6 Å². The molecule has 2 nitrogen and oxygen atoms in total. The first-order valence-corrected chi connectivity index (χ1v) is 6.52. The quantitative estimate of drug-likeness (QED) is 0.830. The van der Waals surface area contributed by atoms with Gasteiger partial charge in [0.05, 0.1) is 4.47 Å². The van der Waals surface area contributed by atoms with Crippen molar-refractivity contribution in [3.05, 3.63) is 26.7 Å². The van der Waals surface area contributed by atoms with Crippen molar-refractivity contribution in [3.63, 3.8) is 0 Å². The van der Waals surface area contributed by atoms with Crippen LogP contribution in [-0.2, 0) is 0 Å². The van der Waals surface area contributed by atoms with Gasteiger partial charge in [-0.1, -0.05) is 0 Å². The zero-order valence-corrected chi connectivity index (χ0v) is 11.6. The van der Waals surface area contributed by atoms with Crippen LogP contribution >= 0.6 is 15.9 Å². The van der Waals surface area contributed by atoms with Crippen LogP contribution in [-0.4, -0.2) is 18.2 Å². The molecule has 1 aromatic rings. The molecule has 1 aromatic carbocycles. The molecular formula is C13H18BrNO. The molecule has 0 aromatic heterocycles. The number of benzene rings is 1. The smallest absolute Gasteiger partial charge is 0.133 e. The van der Waals surface area contributed by atoms with Gasteiger partial charge in [0.15, 0.2) is 0 Å². The second-order valence-corrected chi connectivity index (χ2v) is 5.43. The number of phenols is 1. The Balaban J connectivity index is 2.59. The van der Waals surface area contributed by atoms with Crippen molar-refractivity contribution < 1.29 is 5.11 Å². The molecule has 88 valence electrons. The van der Waals surface area contributed by atoms with E-state index in [1.54, 1.807) is 0 Å². The van der Waals surface area contributed by atoms with E-state index in [0.29, 0.717) is 11.7 Å². The summed E-state index contributed by atoms with van der Waals surface area (Å²) in [7, 11) is 0. The highest BCUT2D eigenvalue weighted by Crippen LogP contribution is 2.40. The van der Waals surface area contributed by atoms with Gasteiger partial charge in [-0.05, 0) is 77.8 Å². The van der Waals surface area contributed by atoms with Crippen LogP contribution in [0.5, 0.6) is 5.75 Å². The average Bonchev–Trinajstić information content (AvgIpc) is 2.77. The van der Waals surface area contributed by atoms with E-state index in [4.69, 9.17) is 0 Å². The summed E-state index contributed by atoms with van der Waals surface area (Å²) in [5, 5.41) is 13.4. The van der Waals surface area contributed by atoms with Crippen LogP contribution in [0, 0.1) is 20.8 Å². The van der Waals surface area contributed by atoms with Gasteiger partial charge in [0.25, 0.3) is 0 Å². The van der Waals surface area contributed by atoms with E-state index >= 15 is 0 Å². The Kier molecular flexibility index (Phi) is 3.27. The normalized spacial score (nSPS) is 20.4. The summed E-state index contributed by atoms with van der Waals surface area (Å²) in [4.78, 5) is 0. The molecule has 1 saturated heterocycles. The van der Waals surface area contributed by atoms with E-state index in [-0.39, 0.29) is 0 Å². The van der Waals surface area contributed by atoms with Gasteiger partial charge in [0, 0.05) is 6.54 Å². The lowest BCUT2D eigenvalue weighted by Gasteiger charge is -2.20. The molecule has 1 heterocycles. The van der Waals surface area contributed by atoms with Gasteiger partial charge in [-0.2, -0.15) is 0 Å². The molecule has 3 heteroatoms. The molecule has 0 aliphatic carbocycles. The largest absolute Gasteiger partial charge is 0.506 e. The predicted molar refractivity (Wildman–Crippen MR) is 70.2 cm³/mol. The fraction of sp³-hybridized carbons (Fsp3) is 0.538. The summed E-state index contributed by atoms with van der Waals surface area (Å²) in [5.74, 6) is 0.986. The van der Waals surface area contributed by atoms with Gasteiger partial charge < -0.3 is 10.4 Å². The van der Waals surface area contributed by atoms with Crippen LogP contribution in [0.3, 0.4) is 0 Å². The average molecular weight is 284 g/mol. The number of aromatic hydroxyl groups is 1. The highest BCUT2D eigenvalue weighted by atomic mass is 79.9. The Morgan fingerprint density at radius 3 is 2.44 bits per heavy atom. The summed E-state index contributed by atoms with van der Waals surface area (Å²) < 4.78 is 0.859. The van der Waals surface area contributed by atoms with Crippen molar-refractivity contribution in [1.29, 1.82) is 0 Å². The molecule has 1 fully saturated rings. The molecular weight excluding hydrogens is 266 g/mol. The highest BCUT2D eigenvalue weighted by molar-refractivity contribution is 9.10.